The molecule has 1 rings (SSSR count). The first kappa shape index (κ1) is 16.9. The van der Waals surface area contributed by atoms with E-state index in [1.54, 1.807) is 0 Å². The standard InChI is InChI=1S/C12H16ClFN2O3S/c1-7(2)3-4-16-12(17)9-5-8(13)6-10(11(9)14)20(15,18)19/h5-7H,3-4H2,1-2H3,(H,16,17)(H2,15,18,19). The van der Waals surface area contributed by atoms with Crippen molar-refractivity contribution in [2.75, 3.05) is 6.54 Å². The maximum atomic E-state index is 14.0. The summed E-state index contributed by atoms with van der Waals surface area (Å²) in [4.78, 5) is 11.0. The van der Waals surface area contributed by atoms with Crippen molar-refractivity contribution >= 4 is 27.5 Å². The zero-order chi connectivity index (χ0) is 15.5. The predicted molar refractivity (Wildman–Crippen MR) is 74.6 cm³/mol. The summed E-state index contributed by atoms with van der Waals surface area (Å²) >= 11 is 5.69. The minimum atomic E-state index is -4.29. The fraction of sp³-hybridized carbons (Fsp3) is 0.417. The lowest BCUT2D eigenvalue weighted by atomic mass is 10.1. The number of carbonyl (C=O) groups is 1. The number of carbonyl (C=O) groups excluding carboxylic acids is 1. The zero-order valence-corrected chi connectivity index (χ0v) is 12.7. The molecule has 3 N–H and O–H groups in total. The van der Waals surface area contributed by atoms with Crippen LogP contribution in [0.3, 0.4) is 0 Å². The van der Waals surface area contributed by atoms with E-state index < -0.39 is 32.2 Å². The number of halogens is 2. The lowest BCUT2D eigenvalue weighted by Gasteiger charge is -2.10. The predicted octanol–water partition coefficient (Wildman–Crippen LogP) is 1.90. The van der Waals surface area contributed by atoms with E-state index in [0.29, 0.717) is 12.5 Å². The normalized spacial score (nSPS) is 11.7. The van der Waals surface area contributed by atoms with E-state index in [9.17, 15) is 17.6 Å². The van der Waals surface area contributed by atoms with Crippen molar-refractivity contribution in [2.45, 2.75) is 25.2 Å². The molecule has 0 unspecified atom stereocenters. The molecule has 112 valence electrons. The molecule has 1 amide bonds. The molecule has 5 nitrogen and oxygen atoms in total. The first-order valence-corrected chi connectivity index (χ1v) is 7.85. The minimum absolute atomic E-state index is 0.0792. The molecule has 0 atom stereocenters. The summed E-state index contributed by atoms with van der Waals surface area (Å²) in [6.07, 6.45) is 0.718. The van der Waals surface area contributed by atoms with Crippen molar-refractivity contribution in [3.63, 3.8) is 0 Å². The average Bonchev–Trinajstić information content (AvgIpc) is 2.29. The van der Waals surface area contributed by atoms with Gasteiger partial charge >= 0.3 is 0 Å². The molecule has 0 saturated heterocycles. The van der Waals surface area contributed by atoms with E-state index in [2.05, 4.69) is 5.32 Å². The topological polar surface area (TPSA) is 89.3 Å². The van der Waals surface area contributed by atoms with Gasteiger partial charge in [0.05, 0.1) is 5.56 Å². The Bertz CT molecular complexity index is 617. The Labute approximate surface area is 122 Å². The smallest absolute Gasteiger partial charge is 0.254 e. The van der Waals surface area contributed by atoms with Crippen LogP contribution < -0.4 is 10.5 Å². The van der Waals surface area contributed by atoms with Crippen LogP contribution in [0, 0.1) is 11.7 Å². The van der Waals surface area contributed by atoms with Crippen molar-refractivity contribution < 1.29 is 17.6 Å². The van der Waals surface area contributed by atoms with E-state index >= 15 is 0 Å². The lowest BCUT2D eigenvalue weighted by molar-refractivity contribution is 0.0947. The van der Waals surface area contributed by atoms with Gasteiger partial charge in [0.15, 0.2) is 5.82 Å². The first-order chi connectivity index (χ1) is 9.12. The van der Waals surface area contributed by atoms with E-state index in [-0.39, 0.29) is 5.02 Å². The van der Waals surface area contributed by atoms with Gasteiger partial charge in [-0.25, -0.2) is 17.9 Å². The number of benzene rings is 1. The zero-order valence-electron chi connectivity index (χ0n) is 11.1. The second-order valence-corrected chi connectivity index (χ2v) is 6.72. The maximum absolute atomic E-state index is 14.0. The Morgan fingerprint density at radius 2 is 2.05 bits per heavy atom. The fourth-order valence-electron chi connectivity index (χ4n) is 1.51. The second-order valence-electron chi connectivity index (χ2n) is 4.75. The highest BCUT2D eigenvalue weighted by molar-refractivity contribution is 7.89. The molecule has 20 heavy (non-hydrogen) atoms. The van der Waals surface area contributed by atoms with Gasteiger partial charge in [0.2, 0.25) is 10.0 Å². The van der Waals surface area contributed by atoms with Gasteiger partial charge in [-0.15, -0.1) is 0 Å². The summed E-state index contributed by atoms with van der Waals surface area (Å²) in [7, 11) is -4.29. The Balaban J connectivity index is 3.07. The van der Waals surface area contributed by atoms with Crippen LogP contribution in [0.15, 0.2) is 17.0 Å². The Kier molecular flexibility index (Phi) is 5.50. The van der Waals surface area contributed by atoms with E-state index in [0.717, 1.165) is 18.6 Å². The average molecular weight is 323 g/mol. The number of amides is 1. The monoisotopic (exact) mass is 322 g/mol. The number of rotatable bonds is 5. The quantitative estimate of drug-likeness (QED) is 0.867. The number of hydrogen-bond acceptors (Lipinski definition) is 3. The van der Waals surface area contributed by atoms with Gasteiger partial charge in [0, 0.05) is 11.6 Å². The molecule has 0 spiro atoms. The van der Waals surface area contributed by atoms with Gasteiger partial charge in [-0.3, -0.25) is 4.79 Å². The van der Waals surface area contributed by atoms with Crippen LogP contribution in [-0.4, -0.2) is 20.9 Å². The Morgan fingerprint density at radius 3 is 2.55 bits per heavy atom. The van der Waals surface area contributed by atoms with Crippen LogP contribution >= 0.6 is 11.6 Å². The van der Waals surface area contributed by atoms with Gasteiger partial charge in [-0.05, 0) is 24.5 Å². The van der Waals surface area contributed by atoms with Crippen molar-refractivity contribution in [1.29, 1.82) is 0 Å². The molecule has 0 aromatic heterocycles. The molecule has 0 heterocycles. The van der Waals surface area contributed by atoms with E-state index in [1.165, 1.54) is 0 Å². The van der Waals surface area contributed by atoms with Crippen LogP contribution in [0.25, 0.3) is 0 Å². The van der Waals surface area contributed by atoms with Crippen molar-refractivity contribution in [1.82, 2.24) is 5.32 Å². The van der Waals surface area contributed by atoms with Crippen LogP contribution in [0.5, 0.6) is 0 Å². The summed E-state index contributed by atoms with van der Waals surface area (Å²) in [6.45, 7) is 4.31. The highest BCUT2D eigenvalue weighted by Crippen LogP contribution is 2.22. The molecule has 1 aromatic carbocycles. The molecular weight excluding hydrogens is 307 g/mol. The van der Waals surface area contributed by atoms with E-state index in [1.807, 2.05) is 13.8 Å². The van der Waals surface area contributed by atoms with Crippen molar-refractivity contribution in [2.24, 2.45) is 11.1 Å². The van der Waals surface area contributed by atoms with Gasteiger partial charge < -0.3 is 5.32 Å². The molecule has 0 fully saturated rings. The molecule has 0 aliphatic rings. The highest BCUT2D eigenvalue weighted by atomic mass is 35.5. The summed E-state index contributed by atoms with van der Waals surface area (Å²) in [5.74, 6) is -1.55. The maximum Gasteiger partial charge on any atom is 0.254 e. The molecule has 0 bridgehead atoms. The second kappa shape index (κ2) is 6.51. The van der Waals surface area contributed by atoms with Gasteiger partial charge in [-0.1, -0.05) is 25.4 Å². The Morgan fingerprint density at radius 1 is 1.45 bits per heavy atom. The van der Waals surface area contributed by atoms with Gasteiger partial charge in [0.25, 0.3) is 5.91 Å². The fourth-order valence-corrected chi connectivity index (χ4v) is 2.44. The third-order valence-electron chi connectivity index (χ3n) is 2.56. The first-order valence-electron chi connectivity index (χ1n) is 5.93. The molecule has 0 radical (unpaired) electrons. The SMILES string of the molecule is CC(C)CCNC(=O)c1cc(Cl)cc(S(N)(=O)=O)c1F. The van der Waals surface area contributed by atoms with Crippen molar-refractivity contribution in [3.05, 3.63) is 28.5 Å². The third-order valence-corrected chi connectivity index (χ3v) is 3.69. The molecular formula is C12H16ClFN2O3S. The summed E-state index contributed by atoms with van der Waals surface area (Å²) < 4.78 is 36.5. The van der Waals surface area contributed by atoms with Gasteiger partial charge in [-0.2, -0.15) is 0 Å². The van der Waals surface area contributed by atoms with Crippen LogP contribution in [0.2, 0.25) is 5.02 Å². The Hall–Kier alpha value is -1.18. The van der Waals surface area contributed by atoms with Crippen LogP contribution in [0.1, 0.15) is 30.6 Å². The number of hydrogen-bond donors (Lipinski definition) is 2. The molecule has 0 saturated carbocycles. The minimum Gasteiger partial charge on any atom is -0.352 e. The number of nitrogens with two attached hydrogens (primary N) is 1. The van der Waals surface area contributed by atoms with E-state index in [4.69, 9.17) is 16.7 Å². The van der Waals surface area contributed by atoms with Crippen LogP contribution in [0.4, 0.5) is 4.39 Å². The lowest BCUT2D eigenvalue weighted by Crippen LogP contribution is -2.27. The molecule has 0 aliphatic heterocycles. The summed E-state index contributed by atoms with van der Waals surface area (Å²) in [6, 6.07) is 1.94. The van der Waals surface area contributed by atoms with Gasteiger partial charge in [0.1, 0.15) is 4.90 Å². The molecule has 1 aromatic rings. The summed E-state index contributed by atoms with van der Waals surface area (Å²) in [5, 5.41) is 7.30. The summed E-state index contributed by atoms with van der Waals surface area (Å²) in [5.41, 5.74) is -0.440. The van der Waals surface area contributed by atoms with Crippen molar-refractivity contribution in [3.8, 4) is 0 Å². The largest absolute Gasteiger partial charge is 0.352 e. The van der Waals surface area contributed by atoms with Crippen LogP contribution in [-0.2, 0) is 10.0 Å². The third kappa shape index (κ3) is 4.43. The number of sulfonamides is 1. The molecule has 8 heteroatoms. The number of nitrogens with one attached hydrogen (secondary N) is 1. The highest BCUT2D eigenvalue weighted by Gasteiger charge is 2.22. The number of primary sulfonamides is 1. The molecule has 0 aliphatic carbocycles.